The van der Waals surface area contributed by atoms with Gasteiger partial charge < -0.3 is 4.74 Å². The van der Waals surface area contributed by atoms with Gasteiger partial charge in [-0.2, -0.15) is 5.26 Å². The predicted molar refractivity (Wildman–Crippen MR) is 75.5 cm³/mol. The molecule has 2 rings (SSSR count). The van der Waals surface area contributed by atoms with Crippen LogP contribution in [0.3, 0.4) is 0 Å². The number of benzene rings is 1. The van der Waals surface area contributed by atoms with Crippen molar-refractivity contribution < 1.29 is 14.3 Å². The normalized spacial score (nSPS) is 19.0. The van der Waals surface area contributed by atoms with Crippen molar-refractivity contribution in [3.05, 3.63) is 29.8 Å². The van der Waals surface area contributed by atoms with Crippen molar-refractivity contribution in [2.75, 3.05) is 19.7 Å². The largest absolute Gasteiger partial charge is 0.494 e. The Balaban J connectivity index is 1.75. The number of nitriles is 1. The van der Waals surface area contributed by atoms with E-state index in [0.717, 1.165) is 0 Å². The molecule has 0 radical (unpaired) electrons. The van der Waals surface area contributed by atoms with Gasteiger partial charge in [-0.25, -0.2) is 0 Å². The maximum atomic E-state index is 11.5. The van der Waals surface area contributed by atoms with Gasteiger partial charge in [-0.15, -0.1) is 0 Å². The lowest BCUT2D eigenvalue weighted by molar-refractivity contribution is -0.139. The number of ether oxygens (including phenoxy) is 1. The molecule has 1 heterocycles. The minimum Gasteiger partial charge on any atom is -0.494 e. The maximum absolute atomic E-state index is 11.5. The van der Waals surface area contributed by atoms with Gasteiger partial charge in [0, 0.05) is 6.54 Å². The molecule has 1 N–H and O–H groups in total. The zero-order valence-electron chi connectivity index (χ0n) is 11.8. The Hall–Kier alpha value is -2.39. The molecule has 0 saturated carbocycles. The molecule has 1 aromatic rings. The third-order valence-electron chi connectivity index (χ3n) is 3.38. The van der Waals surface area contributed by atoms with Crippen LogP contribution in [0.25, 0.3) is 0 Å². The molecule has 1 atom stereocenters. The summed E-state index contributed by atoms with van der Waals surface area (Å²) < 4.78 is 5.56. The standard InChI is InChI=1S/C15H17N3O3/c1-11-15(20)17-14(19)10-18(11)7-2-8-21-13-5-3-12(9-16)4-6-13/h3-6,11H,2,7-8,10H2,1H3,(H,17,19,20). The molecule has 0 aromatic heterocycles. The molecule has 6 heteroatoms. The number of nitrogens with one attached hydrogen (secondary N) is 1. The van der Waals surface area contributed by atoms with Crippen molar-refractivity contribution in [2.45, 2.75) is 19.4 Å². The zero-order valence-corrected chi connectivity index (χ0v) is 11.8. The molecule has 1 aliphatic heterocycles. The smallest absolute Gasteiger partial charge is 0.243 e. The number of imide groups is 1. The van der Waals surface area contributed by atoms with Gasteiger partial charge in [-0.3, -0.25) is 19.8 Å². The van der Waals surface area contributed by atoms with Crippen LogP contribution in [0.4, 0.5) is 0 Å². The first-order chi connectivity index (χ1) is 10.1. The highest BCUT2D eigenvalue weighted by molar-refractivity contribution is 6.00. The van der Waals surface area contributed by atoms with Crippen LogP contribution in [0.15, 0.2) is 24.3 Å². The minimum absolute atomic E-state index is 0.240. The fourth-order valence-electron chi connectivity index (χ4n) is 2.12. The number of nitrogens with zero attached hydrogens (tertiary/aromatic N) is 2. The van der Waals surface area contributed by atoms with Crippen LogP contribution >= 0.6 is 0 Å². The topological polar surface area (TPSA) is 82.4 Å². The highest BCUT2D eigenvalue weighted by Crippen LogP contribution is 2.12. The van der Waals surface area contributed by atoms with Crippen molar-refractivity contribution in [3.63, 3.8) is 0 Å². The van der Waals surface area contributed by atoms with E-state index in [0.29, 0.717) is 30.9 Å². The first-order valence-electron chi connectivity index (χ1n) is 6.81. The van der Waals surface area contributed by atoms with Crippen molar-refractivity contribution in [1.29, 1.82) is 5.26 Å². The van der Waals surface area contributed by atoms with Crippen LogP contribution in [0.2, 0.25) is 0 Å². The van der Waals surface area contributed by atoms with Crippen molar-refractivity contribution in [1.82, 2.24) is 10.2 Å². The van der Waals surface area contributed by atoms with Gasteiger partial charge in [0.2, 0.25) is 11.8 Å². The van der Waals surface area contributed by atoms with Crippen molar-refractivity contribution in [2.24, 2.45) is 0 Å². The van der Waals surface area contributed by atoms with E-state index < -0.39 is 0 Å². The lowest BCUT2D eigenvalue weighted by Crippen LogP contribution is -2.57. The van der Waals surface area contributed by atoms with E-state index in [2.05, 4.69) is 5.32 Å². The Kier molecular flexibility index (Phi) is 4.90. The van der Waals surface area contributed by atoms with E-state index in [-0.39, 0.29) is 24.4 Å². The Morgan fingerprint density at radius 2 is 2.10 bits per heavy atom. The average Bonchev–Trinajstić information content (AvgIpc) is 2.49. The van der Waals surface area contributed by atoms with Crippen LogP contribution in [0.5, 0.6) is 5.75 Å². The summed E-state index contributed by atoms with van der Waals surface area (Å²) in [5.74, 6) is 0.194. The van der Waals surface area contributed by atoms with Crippen LogP contribution in [-0.2, 0) is 9.59 Å². The number of piperazine rings is 1. The fraction of sp³-hybridized carbons (Fsp3) is 0.400. The number of hydrogen-bond acceptors (Lipinski definition) is 5. The van der Waals surface area contributed by atoms with E-state index in [4.69, 9.17) is 10.00 Å². The summed E-state index contributed by atoms with van der Waals surface area (Å²) in [7, 11) is 0. The van der Waals surface area contributed by atoms with Crippen LogP contribution < -0.4 is 10.1 Å². The summed E-state index contributed by atoms with van der Waals surface area (Å²) in [6.07, 6.45) is 0.713. The summed E-state index contributed by atoms with van der Waals surface area (Å²) >= 11 is 0. The van der Waals surface area contributed by atoms with Gasteiger partial charge in [-0.05, 0) is 37.6 Å². The van der Waals surface area contributed by atoms with Gasteiger partial charge in [0.1, 0.15) is 5.75 Å². The molecule has 0 aliphatic carbocycles. The SMILES string of the molecule is CC1C(=O)NC(=O)CN1CCCOc1ccc(C#N)cc1. The number of carbonyl (C=O) groups excluding carboxylic acids is 2. The van der Waals surface area contributed by atoms with E-state index in [1.807, 2.05) is 11.0 Å². The van der Waals surface area contributed by atoms with Crippen LogP contribution in [0, 0.1) is 11.3 Å². The van der Waals surface area contributed by atoms with Crippen molar-refractivity contribution >= 4 is 11.8 Å². The van der Waals surface area contributed by atoms with E-state index >= 15 is 0 Å². The minimum atomic E-state index is -0.294. The summed E-state index contributed by atoms with van der Waals surface area (Å²) in [5.41, 5.74) is 0.592. The Morgan fingerprint density at radius 1 is 1.38 bits per heavy atom. The Labute approximate surface area is 123 Å². The molecule has 110 valence electrons. The second kappa shape index (κ2) is 6.86. The van der Waals surface area contributed by atoms with Gasteiger partial charge in [0.05, 0.1) is 30.8 Å². The molecular formula is C15H17N3O3. The summed E-state index contributed by atoms with van der Waals surface area (Å²) in [6.45, 7) is 3.13. The number of carbonyl (C=O) groups is 2. The van der Waals surface area contributed by atoms with E-state index in [1.165, 1.54) is 0 Å². The van der Waals surface area contributed by atoms with Gasteiger partial charge in [0.15, 0.2) is 0 Å². The molecule has 0 spiro atoms. The van der Waals surface area contributed by atoms with E-state index in [1.54, 1.807) is 31.2 Å². The molecule has 1 unspecified atom stereocenters. The number of amides is 2. The molecule has 1 aromatic carbocycles. The quantitative estimate of drug-likeness (QED) is 0.636. The Bertz CT molecular complexity index is 563. The lowest BCUT2D eigenvalue weighted by atomic mass is 10.2. The number of hydrogen-bond donors (Lipinski definition) is 1. The maximum Gasteiger partial charge on any atom is 0.243 e. The molecule has 2 amide bonds. The van der Waals surface area contributed by atoms with Crippen molar-refractivity contribution in [3.8, 4) is 11.8 Å². The molecule has 1 saturated heterocycles. The molecule has 6 nitrogen and oxygen atoms in total. The lowest BCUT2D eigenvalue weighted by Gasteiger charge is -2.31. The first-order valence-corrected chi connectivity index (χ1v) is 6.81. The van der Waals surface area contributed by atoms with E-state index in [9.17, 15) is 9.59 Å². The third kappa shape index (κ3) is 4.04. The van der Waals surface area contributed by atoms with Gasteiger partial charge in [0.25, 0.3) is 0 Å². The average molecular weight is 287 g/mol. The predicted octanol–water partition coefficient (Wildman–Crippen LogP) is 0.674. The second-order valence-electron chi connectivity index (χ2n) is 4.90. The number of rotatable bonds is 5. The Morgan fingerprint density at radius 3 is 2.76 bits per heavy atom. The zero-order chi connectivity index (χ0) is 15.2. The molecular weight excluding hydrogens is 270 g/mol. The van der Waals surface area contributed by atoms with Gasteiger partial charge in [-0.1, -0.05) is 0 Å². The third-order valence-corrected chi connectivity index (χ3v) is 3.38. The molecule has 0 bridgehead atoms. The fourth-order valence-corrected chi connectivity index (χ4v) is 2.12. The summed E-state index contributed by atoms with van der Waals surface area (Å²) in [5, 5.41) is 11.0. The van der Waals surface area contributed by atoms with Crippen LogP contribution in [-0.4, -0.2) is 42.5 Å². The van der Waals surface area contributed by atoms with Gasteiger partial charge >= 0.3 is 0 Å². The second-order valence-corrected chi connectivity index (χ2v) is 4.90. The monoisotopic (exact) mass is 287 g/mol. The summed E-state index contributed by atoms with van der Waals surface area (Å²) in [6, 6.07) is 8.65. The highest BCUT2D eigenvalue weighted by atomic mass is 16.5. The molecule has 1 aliphatic rings. The molecule has 21 heavy (non-hydrogen) atoms. The first kappa shape index (κ1) is 15.0. The molecule has 1 fully saturated rings. The van der Waals surface area contributed by atoms with Crippen LogP contribution in [0.1, 0.15) is 18.9 Å². The highest BCUT2D eigenvalue weighted by Gasteiger charge is 2.29. The summed E-state index contributed by atoms with van der Waals surface area (Å²) in [4.78, 5) is 24.6.